The molecule has 1 atom stereocenters. The van der Waals surface area contributed by atoms with Crippen molar-refractivity contribution in [1.29, 1.82) is 0 Å². The normalized spacial score (nSPS) is 12.2. The molecule has 21 heavy (non-hydrogen) atoms. The Morgan fingerprint density at radius 3 is 2.29 bits per heavy atom. The summed E-state index contributed by atoms with van der Waals surface area (Å²) in [6.45, 7) is 2.00. The third kappa shape index (κ3) is 2.77. The lowest BCUT2D eigenvalue weighted by Gasteiger charge is -2.18. The van der Waals surface area contributed by atoms with Crippen LogP contribution in [-0.2, 0) is 0 Å². The minimum Gasteiger partial charge on any atom is -0.508 e. The first-order valence-electron chi connectivity index (χ1n) is 6.91. The van der Waals surface area contributed by atoms with Gasteiger partial charge in [-0.3, -0.25) is 0 Å². The Bertz CT molecular complexity index is 758. The zero-order chi connectivity index (χ0) is 14.8. The van der Waals surface area contributed by atoms with Gasteiger partial charge < -0.3 is 15.5 Å². The molecule has 3 nitrogen and oxygen atoms in total. The van der Waals surface area contributed by atoms with Gasteiger partial charge in [-0.25, -0.2) is 0 Å². The Labute approximate surface area is 123 Å². The van der Waals surface area contributed by atoms with Gasteiger partial charge in [0, 0.05) is 23.2 Å². The van der Waals surface area contributed by atoms with Crippen molar-refractivity contribution < 1.29 is 10.2 Å². The molecule has 0 saturated carbocycles. The van der Waals surface area contributed by atoms with E-state index in [0.29, 0.717) is 0 Å². The number of nitrogens with one attached hydrogen (secondary N) is 1. The summed E-state index contributed by atoms with van der Waals surface area (Å²) in [5.41, 5.74) is 1.86. The molecule has 0 bridgehead atoms. The molecule has 0 aromatic heterocycles. The average Bonchev–Trinajstić information content (AvgIpc) is 2.46. The molecule has 3 rings (SSSR count). The third-order valence-electron chi connectivity index (χ3n) is 3.59. The molecule has 0 fully saturated rings. The van der Waals surface area contributed by atoms with Crippen LogP contribution in [0, 0.1) is 0 Å². The Balaban J connectivity index is 1.94. The van der Waals surface area contributed by atoms with Crippen LogP contribution in [0.5, 0.6) is 11.5 Å². The minimum atomic E-state index is -0.0335. The van der Waals surface area contributed by atoms with E-state index >= 15 is 0 Å². The zero-order valence-electron chi connectivity index (χ0n) is 11.7. The Morgan fingerprint density at radius 2 is 1.52 bits per heavy atom. The van der Waals surface area contributed by atoms with Crippen molar-refractivity contribution >= 4 is 16.5 Å². The van der Waals surface area contributed by atoms with Crippen molar-refractivity contribution in [3.05, 3.63) is 66.2 Å². The van der Waals surface area contributed by atoms with Crippen molar-refractivity contribution in [2.45, 2.75) is 13.0 Å². The van der Waals surface area contributed by atoms with E-state index in [1.807, 2.05) is 31.2 Å². The number of phenols is 2. The summed E-state index contributed by atoms with van der Waals surface area (Å²) in [6, 6.07) is 18.9. The molecule has 3 N–H and O–H groups in total. The van der Waals surface area contributed by atoms with Gasteiger partial charge in [0.05, 0.1) is 0 Å². The van der Waals surface area contributed by atoms with Crippen LogP contribution in [0.3, 0.4) is 0 Å². The monoisotopic (exact) mass is 279 g/mol. The van der Waals surface area contributed by atoms with Crippen LogP contribution in [0.2, 0.25) is 0 Å². The van der Waals surface area contributed by atoms with Gasteiger partial charge in [-0.15, -0.1) is 0 Å². The SMILES string of the molecule is CC(Nc1cccc2ccccc12)c1cc(O)cc(O)c1. The van der Waals surface area contributed by atoms with Crippen molar-refractivity contribution in [2.75, 3.05) is 5.32 Å². The van der Waals surface area contributed by atoms with Gasteiger partial charge >= 0.3 is 0 Å². The maximum absolute atomic E-state index is 9.59. The van der Waals surface area contributed by atoms with E-state index in [4.69, 9.17) is 0 Å². The highest BCUT2D eigenvalue weighted by molar-refractivity contribution is 5.93. The van der Waals surface area contributed by atoms with Gasteiger partial charge in [-0.2, -0.15) is 0 Å². The molecule has 0 aliphatic carbocycles. The quantitative estimate of drug-likeness (QED) is 0.665. The molecule has 0 aliphatic heterocycles. The molecule has 0 spiro atoms. The summed E-state index contributed by atoms with van der Waals surface area (Å²) in [7, 11) is 0. The lowest BCUT2D eigenvalue weighted by atomic mass is 10.0. The number of hydrogen-bond acceptors (Lipinski definition) is 3. The van der Waals surface area contributed by atoms with Crippen LogP contribution in [0.1, 0.15) is 18.5 Å². The third-order valence-corrected chi connectivity index (χ3v) is 3.59. The molecule has 106 valence electrons. The van der Waals surface area contributed by atoms with Gasteiger partial charge in [0.2, 0.25) is 0 Å². The average molecular weight is 279 g/mol. The summed E-state index contributed by atoms with van der Waals surface area (Å²) in [5.74, 6) is 0.133. The summed E-state index contributed by atoms with van der Waals surface area (Å²) in [6.07, 6.45) is 0. The highest BCUT2D eigenvalue weighted by Gasteiger charge is 2.09. The maximum Gasteiger partial charge on any atom is 0.119 e. The predicted molar refractivity (Wildman–Crippen MR) is 85.8 cm³/mol. The summed E-state index contributed by atoms with van der Waals surface area (Å²) in [5, 5.41) is 24.9. The Kier molecular flexibility index (Phi) is 3.40. The first-order valence-corrected chi connectivity index (χ1v) is 6.91. The molecular weight excluding hydrogens is 262 g/mol. The largest absolute Gasteiger partial charge is 0.508 e. The van der Waals surface area contributed by atoms with Gasteiger partial charge in [-0.05, 0) is 36.1 Å². The lowest BCUT2D eigenvalue weighted by Crippen LogP contribution is -2.06. The highest BCUT2D eigenvalue weighted by Crippen LogP contribution is 2.30. The predicted octanol–water partition coefficient (Wildman–Crippen LogP) is 4.42. The second-order valence-corrected chi connectivity index (χ2v) is 5.18. The van der Waals surface area contributed by atoms with Gasteiger partial charge in [0.1, 0.15) is 11.5 Å². The first-order chi connectivity index (χ1) is 10.1. The smallest absolute Gasteiger partial charge is 0.119 e. The fourth-order valence-electron chi connectivity index (χ4n) is 2.54. The summed E-state index contributed by atoms with van der Waals surface area (Å²) < 4.78 is 0. The number of anilines is 1. The number of rotatable bonds is 3. The summed E-state index contributed by atoms with van der Waals surface area (Å²) in [4.78, 5) is 0. The zero-order valence-corrected chi connectivity index (χ0v) is 11.7. The lowest BCUT2D eigenvalue weighted by molar-refractivity contribution is 0.448. The van der Waals surface area contributed by atoms with E-state index in [0.717, 1.165) is 16.6 Å². The second kappa shape index (κ2) is 5.37. The highest BCUT2D eigenvalue weighted by atomic mass is 16.3. The number of aromatic hydroxyl groups is 2. The van der Waals surface area contributed by atoms with Crippen LogP contribution in [0.4, 0.5) is 5.69 Å². The number of hydrogen-bond donors (Lipinski definition) is 3. The number of phenolic OH excluding ortho intramolecular Hbond substituents is 2. The molecule has 3 aromatic rings. The van der Waals surface area contributed by atoms with Crippen molar-refractivity contribution in [2.24, 2.45) is 0 Å². The fourth-order valence-corrected chi connectivity index (χ4v) is 2.54. The molecule has 0 radical (unpaired) electrons. The molecule has 0 saturated heterocycles. The first kappa shape index (κ1) is 13.3. The van der Waals surface area contributed by atoms with E-state index < -0.39 is 0 Å². The van der Waals surface area contributed by atoms with Gasteiger partial charge in [0.15, 0.2) is 0 Å². The molecule has 3 heteroatoms. The van der Waals surface area contributed by atoms with Crippen molar-refractivity contribution in [3.63, 3.8) is 0 Å². The molecule has 1 unspecified atom stereocenters. The van der Waals surface area contributed by atoms with Crippen molar-refractivity contribution in [3.8, 4) is 11.5 Å². The molecule has 3 aromatic carbocycles. The van der Waals surface area contributed by atoms with Crippen LogP contribution >= 0.6 is 0 Å². The topological polar surface area (TPSA) is 52.5 Å². The molecular formula is C18H17NO2. The van der Waals surface area contributed by atoms with Crippen LogP contribution in [-0.4, -0.2) is 10.2 Å². The van der Waals surface area contributed by atoms with E-state index in [1.54, 1.807) is 12.1 Å². The Hall–Kier alpha value is -2.68. The number of fused-ring (bicyclic) bond motifs is 1. The van der Waals surface area contributed by atoms with Crippen molar-refractivity contribution in [1.82, 2.24) is 0 Å². The molecule has 0 aliphatic rings. The van der Waals surface area contributed by atoms with E-state index in [1.165, 1.54) is 11.5 Å². The molecule has 0 heterocycles. The number of benzene rings is 3. The van der Waals surface area contributed by atoms with Gasteiger partial charge in [0.25, 0.3) is 0 Å². The van der Waals surface area contributed by atoms with Gasteiger partial charge in [-0.1, -0.05) is 36.4 Å². The Morgan fingerprint density at radius 1 is 0.857 bits per heavy atom. The standard InChI is InChI=1S/C18H17NO2/c1-12(14-9-15(20)11-16(21)10-14)19-18-8-4-6-13-5-2-3-7-17(13)18/h2-12,19-21H,1H3. The van der Waals surface area contributed by atoms with E-state index in [2.05, 4.69) is 23.5 Å². The van der Waals surface area contributed by atoms with E-state index in [-0.39, 0.29) is 17.5 Å². The van der Waals surface area contributed by atoms with Crippen LogP contribution in [0.25, 0.3) is 10.8 Å². The van der Waals surface area contributed by atoms with E-state index in [9.17, 15) is 10.2 Å². The second-order valence-electron chi connectivity index (χ2n) is 5.18. The molecule has 0 amide bonds. The minimum absolute atomic E-state index is 0.0335. The summed E-state index contributed by atoms with van der Waals surface area (Å²) >= 11 is 0. The maximum atomic E-state index is 9.59. The van der Waals surface area contributed by atoms with Crippen LogP contribution < -0.4 is 5.32 Å². The van der Waals surface area contributed by atoms with Crippen LogP contribution in [0.15, 0.2) is 60.7 Å². The fraction of sp³-hybridized carbons (Fsp3) is 0.111.